The van der Waals surface area contributed by atoms with Crippen LogP contribution in [-0.4, -0.2) is 81.3 Å². The number of urea groups is 1. The Balaban J connectivity index is 1.62. The number of likely N-dealkylation sites (N-methyl/N-ethyl adjacent to an activating group) is 1. The van der Waals surface area contributed by atoms with Crippen molar-refractivity contribution in [2.24, 2.45) is 0 Å². The van der Waals surface area contributed by atoms with Crippen LogP contribution in [0.2, 0.25) is 0 Å². The molecule has 1 unspecified atom stereocenters. The number of nitrogens with zero attached hydrogens (tertiary/aromatic N) is 5. The number of hydrogen-bond donors (Lipinski definition) is 0. The molecule has 146 valence electrons. The average Bonchev–Trinajstić information content (AvgIpc) is 3.13. The summed E-state index contributed by atoms with van der Waals surface area (Å²) in [7, 11) is 0. The van der Waals surface area contributed by atoms with Crippen molar-refractivity contribution in [2.45, 2.75) is 32.8 Å². The lowest BCUT2D eigenvalue weighted by molar-refractivity contribution is -0.153. The van der Waals surface area contributed by atoms with E-state index in [9.17, 15) is 18.8 Å². The molecular formula is C17H22FN5O4. The highest BCUT2D eigenvalue weighted by Gasteiger charge is 2.39. The lowest BCUT2D eigenvalue weighted by Gasteiger charge is -2.33. The number of halogens is 1. The Kier molecular flexibility index (Phi) is 5.52. The summed E-state index contributed by atoms with van der Waals surface area (Å²) in [5.41, 5.74) is 0.267. The topological polar surface area (TPSA) is 95.9 Å². The van der Waals surface area contributed by atoms with Crippen molar-refractivity contribution in [3.8, 4) is 5.88 Å². The Labute approximate surface area is 156 Å². The zero-order chi connectivity index (χ0) is 19.6. The molecule has 0 bridgehead atoms. The van der Waals surface area contributed by atoms with Gasteiger partial charge in [0, 0.05) is 32.6 Å². The smallest absolute Gasteiger partial charge is 0.327 e. The van der Waals surface area contributed by atoms with Gasteiger partial charge in [-0.15, -0.1) is 0 Å². The van der Waals surface area contributed by atoms with E-state index in [1.54, 1.807) is 13.8 Å². The summed E-state index contributed by atoms with van der Waals surface area (Å²) in [6.07, 6.45) is 1.70. The zero-order valence-electron chi connectivity index (χ0n) is 15.4. The van der Waals surface area contributed by atoms with Gasteiger partial charge < -0.3 is 14.5 Å². The third-order valence-corrected chi connectivity index (χ3v) is 4.78. The van der Waals surface area contributed by atoms with Gasteiger partial charge in [0.25, 0.3) is 5.88 Å². The molecular weight excluding hydrogens is 357 g/mol. The Bertz CT molecular complexity index is 759. The summed E-state index contributed by atoms with van der Waals surface area (Å²) in [5, 5.41) is 0. The molecule has 0 aliphatic carbocycles. The number of ether oxygens (including phenoxy) is 1. The number of hydrogen-bond acceptors (Lipinski definition) is 6. The van der Waals surface area contributed by atoms with Crippen molar-refractivity contribution in [1.82, 2.24) is 24.7 Å². The van der Waals surface area contributed by atoms with Crippen molar-refractivity contribution in [3.63, 3.8) is 0 Å². The van der Waals surface area contributed by atoms with Crippen LogP contribution in [0.3, 0.4) is 0 Å². The van der Waals surface area contributed by atoms with E-state index in [1.807, 2.05) is 0 Å². The minimum Gasteiger partial charge on any atom is -0.470 e. The standard InChI is InChI=1S/C17H22FN5O4/c1-3-12-13(18)14(20-10-19-12)27-11-5-6-22(9-11)17(26)23-8-7-21(4-2)15(24)16(23)25/h10-11H,3-9H2,1-2H3. The molecule has 27 heavy (non-hydrogen) atoms. The monoisotopic (exact) mass is 379 g/mol. The van der Waals surface area contributed by atoms with Crippen LogP contribution in [-0.2, 0) is 16.0 Å². The first-order chi connectivity index (χ1) is 13.0. The fraction of sp³-hybridized carbons (Fsp3) is 0.588. The van der Waals surface area contributed by atoms with E-state index in [0.29, 0.717) is 32.5 Å². The lowest BCUT2D eigenvalue weighted by Crippen LogP contribution is -2.58. The van der Waals surface area contributed by atoms with Crippen LogP contribution in [0.15, 0.2) is 6.33 Å². The predicted molar refractivity (Wildman–Crippen MR) is 91.3 cm³/mol. The largest absolute Gasteiger partial charge is 0.470 e. The van der Waals surface area contributed by atoms with Crippen molar-refractivity contribution in [3.05, 3.63) is 17.8 Å². The molecule has 2 aliphatic rings. The molecule has 0 aromatic carbocycles. The summed E-state index contributed by atoms with van der Waals surface area (Å²) in [6, 6.07) is -0.521. The molecule has 0 spiro atoms. The zero-order valence-corrected chi connectivity index (χ0v) is 15.4. The maximum atomic E-state index is 14.2. The van der Waals surface area contributed by atoms with Crippen LogP contribution in [0.25, 0.3) is 0 Å². The fourth-order valence-electron chi connectivity index (χ4n) is 3.20. The van der Waals surface area contributed by atoms with Gasteiger partial charge in [0.15, 0.2) is 0 Å². The molecule has 0 radical (unpaired) electrons. The molecule has 1 atom stereocenters. The molecule has 3 heterocycles. The van der Waals surface area contributed by atoms with Crippen molar-refractivity contribution in [1.29, 1.82) is 0 Å². The highest BCUT2D eigenvalue weighted by molar-refractivity contribution is 6.38. The number of carbonyl (C=O) groups is 3. The summed E-state index contributed by atoms with van der Waals surface area (Å²) in [4.78, 5) is 48.3. The molecule has 4 amide bonds. The molecule has 3 rings (SSSR count). The fourth-order valence-corrected chi connectivity index (χ4v) is 3.20. The van der Waals surface area contributed by atoms with Gasteiger partial charge in [-0.05, 0) is 13.3 Å². The first-order valence-electron chi connectivity index (χ1n) is 9.01. The molecule has 2 fully saturated rings. The molecule has 0 N–H and O–H groups in total. The quantitative estimate of drug-likeness (QED) is 0.705. The van der Waals surface area contributed by atoms with Crippen molar-refractivity contribution in [2.75, 3.05) is 32.7 Å². The number of likely N-dealkylation sites (tertiary alicyclic amines) is 1. The summed E-state index contributed by atoms with van der Waals surface area (Å²) in [6.45, 7) is 5.03. The maximum absolute atomic E-state index is 14.2. The van der Waals surface area contributed by atoms with E-state index in [1.165, 1.54) is 16.1 Å². The average molecular weight is 379 g/mol. The number of aryl methyl sites for hydroxylation is 1. The Morgan fingerprint density at radius 3 is 2.70 bits per heavy atom. The van der Waals surface area contributed by atoms with Crippen molar-refractivity contribution >= 4 is 17.8 Å². The number of piperazine rings is 1. The van der Waals surface area contributed by atoms with E-state index in [0.717, 1.165) is 4.90 Å². The van der Waals surface area contributed by atoms with E-state index in [2.05, 4.69) is 9.97 Å². The van der Waals surface area contributed by atoms with E-state index >= 15 is 0 Å². The number of aromatic nitrogens is 2. The molecule has 1 aromatic rings. The first-order valence-corrected chi connectivity index (χ1v) is 9.01. The summed E-state index contributed by atoms with van der Waals surface area (Å²) >= 11 is 0. The van der Waals surface area contributed by atoms with Crippen LogP contribution in [0.4, 0.5) is 9.18 Å². The van der Waals surface area contributed by atoms with Crippen molar-refractivity contribution < 1.29 is 23.5 Å². The minimum absolute atomic E-state index is 0.135. The third kappa shape index (κ3) is 3.69. The predicted octanol–water partition coefficient (Wildman–Crippen LogP) is 0.442. The minimum atomic E-state index is -0.813. The molecule has 10 heteroatoms. The number of rotatable bonds is 4. The number of imide groups is 1. The number of carbonyl (C=O) groups excluding carboxylic acids is 3. The lowest BCUT2D eigenvalue weighted by atomic mass is 10.3. The van der Waals surface area contributed by atoms with E-state index in [-0.39, 0.29) is 24.7 Å². The molecule has 0 saturated carbocycles. The molecule has 9 nitrogen and oxygen atoms in total. The second kappa shape index (κ2) is 7.85. The van der Waals surface area contributed by atoms with Crippen LogP contribution in [0.1, 0.15) is 26.0 Å². The maximum Gasteiger partial charge on any atom is 0.327 e. The Morgan fingerprint density at radius 2 is 2.00 bits per heavy atom. The summed E-state index contributed by atoms with van der Waals surface area (Å²) < 4.78 is 19.8. The molecule has 2 saturated heterocycles. The first kappa shape index (κ1) is 19.0. The SMILES string of the molecule is CCc1ncnc(OC2CCN(C(=O)N3CCN(CC)C(=O)C3=O)C2)c1F. The highest BCUT2D eigenvalue weighted by atomic mass is 19.1. The van der Waals surface area contributed by atoms with Crippen LogP contribution in [0, 0.1) is 5.82 Å². The summed E-state index contributed by atoms with van der Waals surface area (Å²) in [5.74, 6) is -2.21. The Morgan fingerprint density at radius 1 is 1.22 bits per heavy atom. The second-order valence-corrected chi connectivity index (χ2v) is 6.39. The van der Waals surface area contributed by atoms with Gasteiger partial charge in [0.2, 0.25) is 5.82 Å². The highest BCUT2D eigenvalue weighted by Crippen LogP contribution is 2.22. The second-order valence-electron chi connectivity index (χ2n) is 6.39. The van der Waals surface area contributed by atoms with Gasteiger partial charge in [-0.25, -0.2) is 9.78 Å². The van der Waals surface area contributed by atoms with Gasteiger partial charge in [0.05, 0.1) is 12.2 Å². The van der Waals surface area contributed by atoms with Gasteiger partial charge in [0.1, 0.15) is 12.4 Å². The third-order valence-electron chi connectivity index (χ3n) is 4.78. The van der Waals surface area contributed by atoms with E-state index in [4.69, 9.17) is 4.74 Å². The van der Waals surface area contributed by atoms with Crippen LogP contribution in [0.5, 0.6) is 5.88 Å². The molecule has 2 aliphatic heterocycles. The Hall–Kier alpha value is -2.78. The van der Waals surface area contributed by atoms with Gasteiger partial charge in [-0.3, -0.25) is 14.5 Å². The van der Waals surface area contributed by atoms with Gasteiger partial charge in [-0.2, -0.15) is 9.37 Å². The molecule has 1 aromatic heterocycles. The van der Waals surface area contributed by atoms with Crippen LogP contribution >= 0.6 is 0 Å². The van der Waals surface area contributed by atoms with Gasteiger partial charge >= 0.3 is 17.8 Å². The number of amides is 4. The normalized spacial score (nSPS) is 20.4. The van der Waals surface area contributed by atoms with E-state index < -0.39 is 29.8 Å². The van der Waals surface area contributed by atoms with Gasteiger partial charge in [-0.1, -0.05) is 6.92 Å². The van der Waals surface area contributed by atoms with Crippen LogP contribution < -0.4 is 4.74 Å².